The van der Waals surface area contributed by atoms with Crippen LogP contribution >= 0.6 is 0 Å². The lowest BCUT2D eigenvalue weighted by Crippen LogP contribution is -2.01. The number of hydrogen-bond acceptors (Lipinski definition) is 2. The lowest BCUT2D eigenvalue weighted by atomic mass is 10.0. The maximum Gasteiger partial charge on any atom is 0.218 e. The van der Waals surface area contributed by atoms with E-state index in [0.717, 1.165) is 22.4 Å². The van der Waals surface area contributed by atoms with Crippen LogP contribution in [0.2, 0.25) is 0 Å². The number of rotatable bonds is 3. The summed E-state index contributed by atoms with van der Waals surface area (Å²) in [5, 5.41) is 15.3. The quantitative estimate of drug-likeness (QED) is 0.752. The molecule has 3 aromatic rings. The van der Waals surface area contributed by atoms with Crippen LogP contribution in [0.1, 0.15) is 25.5 Å². The standard InChI is InChI=1S/C19H20N2O/c1-13(2)21-19(22)17(15-9-5-4-6-10-15)18(20-21)16-11-7-8-14(3)12-16/h4-13,22H,1-3H3. The molecule has 3 heteroatoms. The van der Waals surface area contributed by atoms with Gasteiger partial charge in [-0.25, -0.2) is 4.68 Å². The molecule has 0 saturated heterocycles. The van der Waals surface area contributed by atoms with Gasteiger partial charge in [0, 0.05) is 5.56 Å². The Morgan fingerprint density at radius 3 is 2.27 bits per heavy atom. The summed E-state index contributed by atoms with van der Waals surface area (Å²) in [5.74, 6) is 0.220. The molecule has 0 spiro atoms. The number of aromatic hydroxyl groups is 1. The van der Waals surface area contributed by atoms with E-state index < -0.39 is 0 Å². The van der Waals surface area contributed by atoms with Gasteiger partial charge < -0.3 is 5.11 Å². The Morgan fingerprint density at radius 2 is 1.64 bits per heavy atom. The van der Waals surface area contributed by atoms with E-state index in [2.05, 4.69) is 24.2 Å². The monoisotopic (exact) mass is 292 g/mol. The van der Waals surface area contributed by atoms with Crippen LogP contribution in [0.25, 0.3) is 22.4 Å². The highest BCUT2D eigenvalue weighted by molar-refractivity contribution is 5.84. The minimum absolute atomic E-state index is 0.0982. The molecule has 0 aliphatic carbocycles. The van der Waals surface area contributed by atoms with E-state index in [-0.39, 0.29) is 11.9 Å². The minimum atomic E-state index is 0.0982. The van der Waals surface area contributed by atoms with Crippen molar-refractivity contribution in [3.05, 3.63) is 60.2 Å². The lowest BCUT2D eigenvalue weighted by Gasteiger charge is -2.06. The highest BCUT2D eigenvalue weighted by Gasteiger charge is 2.21. The molecular weight excluding hydrogens is 272 g/mol. The molecule has 22 heavy (non-hydrogen) atoms. The summed E-state index contributed by atoms with van der Waals surface area (Å²) in [6, 6.07) is 18.2. The SMILES string of the molecule is Cc1cccc(-c2nn(C(C)C)c(O)c2-c2ccccc2)c1. The zero-order chi connectivity index (χ0) is 15.7. The van der Waals surface area contributed by atoms with Crippen LogP contribution in [0.4, 0.5) is 0 Å². The van der Waals surface area contributed by atoms with Gasteiger partial charge in [0.15, 0.2) is 0 Å². The summed E-state index contributed by atoms with van der Waals surface area (Å²) in [7, 11) is 0. The molecular formula is C19H20N2O. The van der Waals surface area contributed by atoms with Gasteiger partial charge in [0.25, 0.3) is 0 Å². The second-order valence-corrected chi connectivity index (χ2v) is 5.82. The fraction of sp³-hybridized carbons (Fsp3) is 0.211. The second kappa shape index (κ2) is 5.68. The van der Waals surface area contributed by atoms with Crippen molar-refractivity contribution >= 4 is 0 Å². The van der Waals surface area contributed by atoms with Crippen molar-refractivity contribution in [2.75, 3.05) is 0 Å². The van der Waals surface area contributed by atoms with Crippen molar-refractivity contribution in [3.63, 3.8) is 0 Å². The lowest BCUT2D eigenvalue weighted by molar-refractivity contribution is 0.379. The van der Waals surface area contributed by atoms with Crippen molar-refractivity contribution in [2.24, 2.45) is 0 Å². The van der Waals surface area contributed by atoms with E-state index in [9.17, 15) is 5.11 Å². The number of aryl methyl sites for hydroxylation is 1. The fourth-order valence-corrected chi connectivity index (χ4v) is 2.65. The van der Waals surface area contributed by atoms with E-state index >= 15 is 0 Å². The summed E-state index contributed by atoms with van der Waals surface area (Å²) >= 11 is 0. The van der Waals surface area contributed by atoms with Gasteiger partial charge in [-0.1, -0.05) is 54.1 Å². The van der Waals surface area contributed by atoms with Crippen molar-refractivity contribution in [1.82, 2.24) is 9.78 Å². The molecule has 112 valence electrons. The predicted molar refractivity (Wildman–Crippen MR) is 89.9 cm³/mol. The molecule has 3 rings (SSSR count). The largest absolute Gasteiger partial charge is 0.493 e. The van der Waals surface area contributed by atoms with Gasteiger partial charge in [-0.2, -0.15) is 5.10 Å². The molecule has 2 aromatic carbocycles. The summed E-state index contributed by atoms with van der Waals surface area (Å²) in [6.07, 6.45) is 0. The first-order chi connectivity index (χ1) is 10.6. The minimum Gasteiger partial charge on any atom is -0.493 e. The molecule has 0 radical (unpaired) electrons. The third-order valence-corrected chi connectivity index (χ3v) is 3.73. The zero-order valence-corrected chi connectivity index (χ0v) is 13.1. The van der Waals surface area contributed by atoms with Crippen LogP contribution in [-0.4, -0.2) is 14.9 Å². The van der Waals surface area contributed by atoms with Gasteiger partial charge in [-0.3, -0.25) is 0 Å². The molecule has 0 unspecified atom stereocenters. The maximum atomic E-state index is 10.7. The van der Waals surface area contributed by atoms with Gasteiger partial charge in [-0.05, 0) is 32.4 Å². The Labute approximate surface area is 130 Å². The van der Waals surface area contributed by atoms with Crippen LogP contribution in [-0.2, 0) is 0 Å². The van der Waals surface area contributed by atoms with E-state index in [0.29, 0.717) is 0 Å². The number of benzene rings is 2. The third-order valence-electron chi connectivity index (χ3n) is 3.73. The highest BCUT2D eigenvalue weighted by Crippen LogP contribution is 2.39. The normalized spacial score (nSPS) is 11.1. The molecule has 1 N–H and O–H groups in total. The summed E-state index contributed by atoms with van der Waals surface area (Å²) in [4.78, 5) is 0. The third kappa shape index (κ3) is 2.50. The molecule has 0 atom stereocenters. The molecule has 3 nitrogen and oxygen atoms in total. The van der Waals surface area contributed by atoms with Crippen LogP contribution < -0.4 is 0 Å². The van der Waals surface area contributed by atoms with Crippen LogP contribution in [0, 0.1) is 6.92 Å². The Bertz CT molecular complexity index is 788. The van der Waals surface area contributed by atoms with Gasteiger partial charge in [0.1, 0.15) is 5.69 Å². The summed E-state index contributed by atoms with van der Waals surface area (Å²) in [5.41, 5.74) is 4.79. The van der Waals surface area contributed by atoms with E-state index in [1.54, 1.807) is 4.68 Å². The topological polar surface area (TPSA) is 38.0 Å². The van der Waals surface area contributed by atoms with E-state index in [1.807, 2.05) is 56.3 Å². The van der Waals surface area contributed by atoms with Gasteiger partial charge in [0.2, 0.25) is 5.88 Å². The number of hydrogen-bond donors (Lipinski definition) is 1. The molecule has 0 aliphatic heterocycles. The predicted octanol–water partition coefficient (Wildman–Crippen LogP) is 4.81. The Morgan fingerprint density at radius 1 is 0.955 bits per heavy atom. The first-order valence-corrected chi connectivity index (χ1v) is 7.52. The molecule has 1 heterocycles. The van der Waals surface area contributed by atoms with Gasteiger partial charge in [0.05, 0.1) is 11.6 Å². The van der Waals surface area contributed by atoms with Gasteiger partial charge >= 0.3 is 0 Å². The molecule has 0 saturated carbocycles. The Balaban J connectivity index is 2.27. The highest BCUT2D eigenvalue weighted by atomic mass is 16.3. The fourth-order valence-electron chi connectivity index (χ4n) is 2.65. The first kappa shape index (κ1) is 14.4. The molecule has 0 amide bonds. The Hall–Kier alpha value is -2.55. The first-order valence-electron chi connectivity index (χ1n) is 7.52. The molecule has 1 aromatic heterocycles. The van der Waals surface area contributed by atoms with Crippen LogP contribution in [0.3, 0.4) is 0 Å². The van der Waals surface area contributed by atoms with Crippen LogP contribution in [0.15, 0.2) is 54.6 Å². The summed E-state index contributed by atoms with van der Waals surface area (Å²) < 4.78 is 1.68. The van der Waals surface area contributed by atoms with Gasteiger partial charge in [-0.15, -0.1) is 0 Å². The van der Waals surface area contributed by atoms with Crippen molar-refractivity contribution in [1.29, 1.82) is 0 Å². The average molecular weight is 292 g/mol. The number of nitrogens with zero attached hydrogens (tertiary/aromatic N) is 2. The van der Waals surface area contributed by atoms with Crippen molar-refractivity contribution < 1.29 is 5.11 Å². The second-order valence-electron chi connectivity index (χ2n) is 5.82. The molecule has 0 aliphatic rings. The zero-order valence-electron chi connectivity index (χ0n) is 13.1. The maximum absolute atomic E-state index is 10.7. The summed E-state index contributed by atoms with van der Waals surface area (Å²) in [6.45, 7) is 6.09. The van der Waals surface area contributed by atoms with Crippen LogP contribution in [0.5, 0.6) is 5.88 Å². The Kier molecular flexibility index (Phi) is 3.72. The average Bonchev–Trinajstić information content (AvgIpc) is 2.86. The van der Waals surface area contributed by atoms with Crippen molar-refractivity contribution in [3.8, 4) is 28.3 Å². The molecule has 0 bridgehead atoms. The molecule has 0 fully saturated rings. The van der Waals surface area contributed by atoms with E-state index in [4.69, 9.17) is 0 Å². The van der Waals surface area contributed by atoms with E-state index in [1.165, 1.54) is 5.56 Å². The van der Waals surface area contributed by atoms with Crippen molar-refractivity contribution in [2.45, 2.75) is 26.8 Å². The smallest absolute Gasteiger partial charge is 0.218 e. The number of aromatic nitrogens is 2.